The molecule has 1 aromatic heterocycles. The molecule has 33 heavy (non-hydrogen) atoms. The third kappa shape index (κ3) is 5.82. The topological polar surface area (TPSA) is 94.1 Å². The van der Waals surface area contributed by atoms with Crippen molar-refractivity contribution >= 4 is 31.2 Å². The third-order valence-electron chi connectivity index (χ3n) is 5.82. The van der Waals surface area contributed by atoms with E-state index in [-0.39, 0.29) is 43.8 Å². The molecule has 2 aromatic rings. The number of amides is 1. The fourth-order valence-electron chi connectivity index (χ4n) is 4.15. The van der Waals surface area contributed by atoms with Crippen molar-refractivity contribution in [1.29, 1.82) is 0 Å². The summed E-state index contributed by atoms with van der Waals surface area (Å²) in [5.41, 5.74) is 2.92. The van der Waals surface area contributed by atoms with E-state index >= 15 is 0 Å². The van der Waals surface area contributed by atoms with E-state index in [1.54, 1.807) is 18.2 Å². The van der Waals surface area contributed by atoms with E-state index in [9.17, 15) is 9.59 Å². The molecule has 9 nitrogen and oxygen atoms in total. The van der Waals surface area contributed by atoms with Crippen LogP contribution in [0, 0.1) is 0 Å². The molecular formula is C23H30N4O5S. The van der Waals surface area contributed by atoms with Crippen molar-refractivity contribution in [3.05, 3.63) is 47.2 Å². The Morgan fingerprint density at radius 2 is 1.85 bits per heavy atom. The summed E-state index contributed by atoms with van der Waals surface area (Å²) in [4.78, 5) is 37.0. The second-order valence-electron chi connectivity index (χ2n) is 7.97. The normalized spacial score (nSPS) is 17.6. The third-order valence-corrected chi connectivity index (χ3v) is 5.82. The van der Waals surface area contributed by atoms with Gasteiger partial charge in [0.05, 0.1) is 26.7 Å². The van der Waals surface area contributed by atoms with Crippen LogP contribution in [0.1, 0.15) is 29.5 Å². The molecule has 2 aliphatic rings. The molecule has 0 spiro atoms. The number of hydrogen-bond donors (Lipinski definition) is 0. The summed E-state index contributed by atoms with van der Waals surface area (Å²) in [5.74, 6) is 0.419. The van der Waals surface area contributed by atoms with Crippen LogP contribution in [0.5, 0.6) is 6.01 Å². The van der Waals surface area contributed by atoms with Crippen LogP contribution in [0.25, 0.3) is 0 Å². The first-order valence-electron chi connectivity index (χ1n) is 10.8. The van der Waals surface area contributed by atoms with E-state index in [1.807, 2.05) is 24.3 Å². The number of nitrogens with zero attached hydrogens (tertiary/aromatic N) is 4. The van der Waals surface area contributed by atoms with E-state index in [2.05, 4.69) is 14.9 Å². The van der Waals surface area contributed by atoms with Gasteiger partial charge in [-0.3, -0.25) is 19.4 Å². The molecule has 1 saturated heterocycles. The minimum atomic E-state index is -0.169. The highest BCUT2D eigenvalue weighted by Gasteiger charge is 2.32. The highest BCUT2D eigenvalue weighted by atomic mass is 32.1. The number of benzene rings is 1. The van der Waals surface area contributed by atoms with Crippen molar-refractivity contribution in [3.63, 3.8) is 0 Å². The van der Waals surface area contributed by atoms with E-state index in [1.165, 1.54) is 7.11 Å². The van der Waals surface area contributed by atoms with Crippen molar-refractivity contribution in [3.8, 4) is 6.01 Å². The molecule has 2 aliphatic heterocycles. The monoisotopic (exact) mass is 474 g/mol. The average Bonchev–Trinajstić information content (AvgIpc) is 3.39. The first-order chi connectivity index (χ1) is 15.6. The van der Waals surface area contributed by atoms with Crippen molar-refractivity contribution in [2.24, 2.45) is 0 Å². The van der Waals surface area contributed by atoms with Gasteiger partial charge in [-0.15, -0.1) is 0 Å². The van der Waals surface area contributed by atoms with E-state index in [4.69, 9.17) is 14.2 Å². The van der Waals surface area contributed by atoms with E-state index in [0.29, 0.717) is 32.1 Å². The minimum absolute atomic E-state index is 0. The fourth-order valence-corrected chi connectivity index (χ4v) is 4.15. The number of carbonyl (C=O) groups is 2. The number of likely N-dealkylation sites (tertiary alicyclic amines) is 1. The summed E-state index contributed by atoms with van der Waals surface area (Å²) < 4.78 is 15.4. The summed E-state index contributed by atoms with van der Waals surface area (Å²) in [7, 11) is 3.03. The number of ether oxygens (including phenoxy) is 3. The molecule has 0 bridgehead atoms. The predicted octanol–water partition coefficient (Wildman–Crippen LogP) is 1.84. The maximum absolute atomic E-state index is 12.6. The number of hydrogen-bond acceptors (Lipinski definition) is 8. The fraction of sp³-hybridized carbons (Fsp3) is 0.478. The van der Waals surface area contributed by atoms with Crippen LogP contribution >= 0.6 is 13.5 Å². The van der Waals surface area contributed by atoms with Gasteiger partial charge in [0.15, 0.2) is 0 Å². The average molecular weight is 475 g/mol. The Kier molecular flexibility index (Phi) is 8.65. The lowest BCUT2D eigenvalue weighted by molar-refractivity contribution is -0.146. The largest absolute Gasteiger partial charge is 0.468 e. The van der Waals surface area contributed by atoms with Gasteiger partial charge in [0.2, 0.25) is 5.91 Å². The van der Waals surface area contributed by atoms with Crippen LogP contribution < -0.4 is 9.64 Å². The summed E-state index contributed by atoms with van der Waals surface area (Å²) in [6, 6.07) is 8.19. The van der Waals surface area contributed by atoms with Gasteiger partial charge < -0.3 is 14.2 Å². The highest BCUT2D eigenvalue weighted by Crippen LogP contribution is 2.29. The molecular weight excluding hydrogens is 444 g/mol. The van der Waals surface area contributed by atoms with Crippen molar-refractivity contribution in [2.75, 3.05) is 38.9 Å². The van der Waals surface area contributed by atoms with Gasteiger partial charge >= 0.3 is 12.0 Å². The molecule has 3 heterocycles. The number of carbonyl (C=O) groups excluding carboxylic acids is 2. The molecule has 1 fully saturated rings. The molecule has 0 saturated carbocycles. The van der Waals surface area contributed by atoms with E-state index < -0.39 is 0 Å². The molecule has 10 heteroatoms. The van der Waals surface area contributed by atoms with Crippen molar-refractivity contribution < 1.29 is 23.8 Å². The van der Waals surface area contributed by atoms with Gasteiger partial charge in [-0.25, -0.2) is 4.98 Å². The molecule has 0 unspecified atom stereocenters. The van der Waals surface area contributed by atoms with Crippen LogP contribution in [0.2, 0.25) is 0 Å². The van der Waals surface area contributed by atoms with Gasteiger partial charge in [-0.1, -0.05) is 24.3 Å². The van der Waals surface area contributed by atoms with Gasteiger partial charge in [0.25, 0.3) is 0 Å². The van der Waals surface area contributed by atoms with E-state index in [0.717, 1.165) is 36.1 Å². The highest BCUT2D eigenvalue weighted by molar-refractivity contribution is 7.59. The summed E-state index contributed by atoms with van der Waals surface area (Å²) >= 11 is 0. The zero-order valence-electron chi connectivity index (χ0n) is 19.0. The predicted molar refractivity (Wildman–Crippen MR) is 127 cm³/mol. The first-order valence-corrected chi connectivity index (χ1v) is 10.8. The lowest BCUT2D eigenvalue weighted by atomic mass is 10.1. The quantitative estimate of drug-likeness (QED) is 0.402. The standard InChI is InChI=1S/C23H28N4O5.H2S/c1-30-10-11-32-23-24-13-18-12-20(28)27(21(18)25-23)15-17-7-5-16(6-8-17)14-26-9-3-4-19(26)22(29)31-2;/h5-8,13,19H,3-4,9-12,14-15H2,1-2H3;1H2/t19-;/m0./s1. The number of methoxy groups -OCH3 is 2. The van der Waals surface area contributed by atoms with Crippen LogP contribution in [0.4, 0.5) is 5.82 Å². The zero-order valence-corrected chi connectivity index (χ0v) is 20.0. The Hall–Kier alpha value is -2.69. The van der Waals surface area contributed by atoms with Crippen molar-refractivity contribution in [1.82, 2.24) is 14.9 Å². The molecule has 4 rings (SSSR count). The summed E-state index contributed by atoms with van der Waals surface area (Å²) in [5, 5.41) is 0. The molecule has 0 N–H and O–H groups in total. The number of aromatic nitrogens is 2. The maximum Gasteiger partial charge on any atom is 0.323 e. The second-order valence-corrected chi connectivity index (χ2v) is 7.97. The number of anilines is 1. The molecule has 1 atom stereocenters. The second kappa shape index (κ2) is 11.4. The smallest absolute Gasteiger partial charge is 0.323 e. The molecule has 1 aromatic carbocycles. The lowest BCUT2D eigenvalue weighted by Crippen LogP contribution is -2.36. The molecule has 178 valence electrons. The van der Waals surface area contributed by atoms with Gasteiger partial charge in [-0.05, 0) is 30.5 Å². The minimum Gasteiger partial charge on any atom is -0.468 e. The molecule has 0 aliphatic carbocycles. The van der Waals surface area contributed by atoms with Gasteiger partial charge in [-0.2, -0.15) is 18.5 Å². The Bertz CT molecular complexity index is 972. The SMILES string of the molecule is COCCOc1ncc2c(n1)N(Cc1ccc(CN3CCC[C@H]3C(=O)OC)cc1)C(=O)C2.S. The van der Waals surface area contributed by atoms with Crippen molar-refractivity contribution in [2.45, 2.75) is 38.4 Å². The Morgan fingerprint density at radius 3 is 2.55 bits per heavy atom. The first kappa shape index (κ1) is 24.9. The van der Waals surface area contributed by atoms with Crippen LogP contribution in [0.3, 0.4) is 0 Å². The molecule has 1 amide bonds. The van der Waals surface area contributed by atoms with Gasteiger partial charge in [0.1, 0.15) is 18.5 Å². The summed E-state index contributed by atoms with van der Waals surface area (Å²) in [6.45, 7) is 2.79. The summed E-state index contributed by atoms with van der Waals surface area (Å²) in [6.07, 6.45) is 3.77. The maximum atomic E-state index is 12.6. The van der Waals surface area contributed by atoms with Gasteiger partial charge in [0, 0.05) is 25.4 Å². The number of esters is 1. The Labute approximate surface area is 200 Å². The number of fused-ring (bicyclic) bond motifs is 1. The van der Waals surface area contributed by atoms with Crippen LogP contribution in [-0.2, 0) is 38.6 Å². The Balaban J connectivity index is 0.00000306. The number of rotatable bonds is 9. The Morgan fingerprint density at radius 1 is 1.12 bits per heavy atom. The lowest BCUT2D eigenvalue weighted by Gasteiger charge is -2.22. The van der Waals surface area contributed by atoms with Crippen LogP contribution in [-0.4, -0.2) is 66.8 Å². The molecule has 0 radical (unpaired) electrons. The van der Waals surface area contributed by atoms with Crippen LogP contribution in [0.15, 0.2) is 30.5 Å². The zero-order chi connectivity index (χ0) is 22.5.